The van der Waals surface area contributed by atoms with Crippen LogP contribution in [0.3, 0.4) is 0 Å². The van der Waals surface area contributed by atoms with Gasteiger partial charge in [-0.2, -0.15) is 0 Å². The van der Waals surface area contributed by atoms with Crippen LogP contribution in [-0.4, -0.2) is 49.9 Å². The van der Waals surface area contributed by atoms with Crippen molar-refractivity contribution < 1.29 is 20.4 Å². The fourth-order valence-electron chi connectivity index (χ4n) is 0.791. The lowest BCUT2D eigenvalue weighted by Gasteiger charge is -2.31. The minimum atomic E-state index is -1.23. The van der Waals surface area contributed by atoms with E-state index in [4.69, 9.17) is 20.4 Å². The highest BCUT2D eigenvalue weighted by Crippen LogP contribution is 2.23. The summed E-state index contributed by atoms with van der Waals surface area (Å²) in [5, 5.41) is 35.7. The predicted molar refractivity (Wildman–Crippen MR) is 36.5 cm³/mol. The lowest BCUT2D eigenvalue weighted by atomic mass is 10.1. The highest BCUT2D eigenvalue weighted by atomic mass is 32.2. The summed E-state index contributed by atoms with van der Waals surface area (Å²) in [5.41, 5.74) is -0.974. The van der Waals surface area contributed by atoms with Gasteiger partial charge in [-0.05, 0) is 0 Å². The van der Waals surface area contributed by atoms with E-state index in [0.29, 0.717) is 0 Å². The standard InChI is InChI=1S/C5H10O4S/c6-2-1-10-5(9)4(8)3(2)7/h2-9H,1H2/t2-,3+,4-,5-/m0/s1. The Morgan fingerprint density at radius 1 is 1.00 bits per heavy atom. The topological polar surface area (TPSA) is 80.9 Å². The minimum Gasteiger partial charge on any atom is -0.389 e. The van der Waals surface area contributed by atoms with E-state index in [1.807, 2.05) is 0 Å². The summed E-state index contributed by atoms with van der Waals surface area (Å²) in [7, 11) is 0. The van der Waals surface area contributed by atoms with Crippen molar-refractivity contribution in [3.63, 3.8) is 0 Å². The second-order valence-electron chi connectivity index (χ2n) is 2.27. The average Bonchev–Trinajstić information content (AvgIpc) is 1.93. The number of rotatable bonds is 0. The van der Waals surface area contributed by atoms with Crippen LogP contribution in [-0.2, 0) is 0 Å². The Hall–Kier alpha value is 0.190. The van der Waals surface area contributed by atoms with Crippen molar-refractivity contribution in [2.75, 3.05) is 5.75 Å². The molecule has 0 amide bonds. The van der Waals surface area contributed by atoms with Crippen LogP contribution in [0.2, 0.25) is 0 Å². The maximum atomic E-state index is 8.94. The zero-order valence-corrected chi connectivity index (χ0v) is 6.03. The van der Waals surface area contributed by atoms with Gasteiger partial charge in [0, 0.05) is 5.75 Å². The predicted octanol–water partition coefficient (Wildman–Crippen LogP) is -1.87. The zero-order valence-electron chi connectivity index (χ0n) is 5.21. The molecule has 0 aromatic rings. The molecule has 0 aromatic heterocycles. The van der Waals surface area contributed by atoms with Crippen LogP contribution >= 0.6 is 11.8 Å². The number of aliphatic hydroxyl groups excluding tert-OH is 4. The van der Waals surface area contributed by atoms with Crippen molar-refractivity contribution in [1.29, 1.82) is 0 Å². The van der Waals surface area contributed by atoms with Gasteiger partial charge in [0.1, 0.15) is 17.6 Å². The molecule has 4 atom stereocenters. The summed E-state index contributed by atoms with van der Waals surface area (Å²) in [4.78, 5) is 0. The van der Waals surface area contributed by atoms with Crippen LogP contribution in [0.4, 0.5) is 0 Å². The molecule has 0 saturated carbocycles. The molecule has 1 rings (SSSR count). The fraction of sp³-hybridized carbons (Fsp3) is 1.00. The van der Waals surface area contributed by atoms with Gasteiger partial charge in [0.05, 0.1) is 6.10 Å². The van der Waals surface area contributed by atoms with Crippen molar-refractivity contribution >= 4 is 11.8 Å². The van der Waals surface area contributed by atoms with Crippen molar-refractivity contribution in [2.45, 2.75) is 23.7 Å². The molecule has 1 saturated heterocycles. The van der Waals surface area contributed by atoms with Crippen molar-refractivity contribution in [3.8, 4) is 0 Å². The zero-order chi connectivity index (χ0) is 7.72. The molecule has 60 valence electrons. The summed E-state index contributed by atoms with van der Waals surface area (Å²) in [6.45, 7) is 0. The highest BCUT2D eigenvalue weighted by Gasteiger charge is 2.35. The fourth-order valence-corrected chi connectivity index (χ4v) is 1.74. The lowest BCUT2D eigenvalue weighted by Crippen LogP contribution is -2.48. The van der Waals surface area contributed by atoms with Gasteiger partial charge in [0.2, 0.25) is 0 Å². The average molecular weight is 166 g/mol. The summed E-state index contributed by atoms with van der Waals surface area (Å²) in [6.07, 6.45) is -3.37. The van der Waals surface area contributed by atoms with E-state index in [1.54, 1.807) is 0 Å². The Labute approximate surface area is 62.5 Å². The normalized spacial score (nSPS) is 49.2. The third-order valence-electron chi connectivity index (χ3n) is 1.47. The largest absolute Gasteiger partial charge is 0.389 e. The van der Waals surface area contributed by atoms with Gasteiger partial charge in [-0.1, -0.05) is 0 Å². The number of hydrogen-bond acceptors (Lipinski definition) is 5. The summed E-state index contributed by atoms with van der Waals surface area (Å²) >= 11 is 1.03. The molecule has 0 radical (unpaired) electrons. The van der Waals surface area contributed by atoms with Crippen molar-refractivity contribution in [3.05, 3.63) is 0 Å². The number of hydrogen-bond donors (Lipinski definition) is 4. The summed E-state index contributed by atoms with van der Waals surface area (Å²) in [6, 6.07) is 0. The molecular weight excluding hydrogens is 156 g/mol. The van der Waals surface area contributed by atoms with E-state index in [9.17, 15) is 0 Å². The summed E-state index contributed by atoms with van der Waals surface area (Å²) in [5.74, 6) is 0.263. The third-order valence-corrected chi connectivity index (χ3v) is 2.63. The molecule has 0 aliphatic carbocycles. The van der Waals surface area contributed by atoms with Gasteiger partial charge < -0.3 is 20.4 Å². The van der Waals surface area contributed by atoms with Crippen LogP contribution in [0.15, 0.2) is 0 Å². The van der Waals surface area contributed by atoms with E-state index >= 15 is 0 Å². The molecule has 0 unspecified atom stereocenters. The Kier molecular flexibility index (Phi) is 2.54. The maximum absolute atomic E-state index is 8.94. The minimum absolute atomic E-state index is 0.263. The molecule has 4 nitrogen and oxygen atoms in total. The third kappa shape index (κ3) is 1.43. The summed E-state index contributed by atoms with van der Waals surface area (Å²) < 4.78 is 0. The van der Waals surface area contributed by atoms with E-state index < -0.39 is 23.7 Å². The Morgan fingerprint density at radius 2 is 1.60 bits per heavy atom. The van der Waals surface area contributed by atoms with Gasteiger partial charge in [0.25, 0.3) is 0 Å². The van der Waals surface area contributed by atoms with E-state index in [0.717, 1.165) is 11.8 Å². The number of aliphatic hydroxyl groups is 4. The monoisotopic (exact) mass is 166 g/mol. The molecule has 4 N–H and O–H groups in total. The first kappa shape index (κ1) is 8.29. The highest BCUT2D eigenvalue weighted by molar-refractivity contribution is 7.99. The Bertz CT molecular complexity index is 106. The molecular formula is C5H10O4S. The Morgan fingerprint density at radius 3 is 2.10 bits per heavy atom. The van der Waals surface area contributed by atoms with Gasteiger partial charge in [0.15, 0.2) is 0 Å². The maximum Gasteiger partial charge on any atom is 0.128 e. The molecule has 10 heavy (non-hydrogen) atoms. The van der Waals surface area contributed by atoms with Gasteiger partial charge in [-0.25, -0.2) is 0 Å². The van der Waals surface area contributed by atoms with E-state index in [-0.39, 0.29) is 5.75 Å². The van der Waals surface area contributed by atoms with Crippen LogP contribution in [0.1, 0.15) is 0 Å². The molecule has 1 fully saturated rings. The van der Waals surface area contributed by atoms with Gasteiger partial charge in [-0.15, -0.1) is 11.8 Å². The molecule has 1 aliphatic rings. The van der Waals surface area contributed by atoms with Crippen LogP contribution in [0.5, 0.6) is 0 Å². The van der Waals surface area contributed by atoms with Gasteiger partial charge in [-0.3, -0.25) is 0 Å². The van der Waals surface area contributed by atoms with Crippen LogP contribution < -0.4 is 0 Å². The van der Waals surface area contributed by atoms with E-state index in [1.165, 1.54) is 0 Å². The molecule has 0 aromatic carbocycles. The van der Waals surface area contributed by atoms with Crippen molar-refractivity contribution in [1.82, 2.24) is 0 Å². The van der Waals surface area contributed by atoms with Gasteiger partial charge >= 0.3 is 0 Å². The molecule has 1 heterocycles. The molecule has 1 aliphatic heterocycles. The second-order valence-corrected chi connectivity index (χ2v) is 3.42. The van der Waals surface area contributed by atoms with Crippen molar-refractivity contribution in [2.24, 2.45) is 0 Å². The Balaban J connectivity index is 2.52. The molecule has 0 spiro atoms. The number of thioether (sulfide) groups is 1. The lowest BCUT2D eigenvalue weighted by molar-refractivity contribution is -0.0834. The first-order chi connectivity index (χ1) is 4.63. The quantitative estimate of drug-likeness (QED) is 0.339. The first-order valence-corrected chi connectivity index (χ1v) is 4.01. The first-order valence-electron chi connectivity index (χ1n) is 2.97. The molecule has 5 heteroatoms. The van der Waals surface area contributed by atoms with Crippen LogP contribution in [0.25, 0.3) is 0 Å². The SMILES string of the molecule is O[C@H]1[C@H](O)[C@@H](O)SC[C@@H]1O. The molecule has 0 bridgehead atoms. The van der Waals surface area contributed by atoms with Crippen LogP contribution in [0, 0.1) is 0 Å². The smallest absolute Gasteiger partial charge is 0.128 e. The van der Waals surface area contributed by atoms with E-state index in [2.05, 4.69) is 0 Å². The second kappa shape index (κ2) is 3.06.